The Morgan fingerprint density at radius 1 is 1.00 bits per heavy atom. The van der Waals surface area contributed by atoms with Gasteiger partial charge in [-0.25, -0.2) is 8.78 Å². The van der Waals surface area contributed by atoms with Crippen LogP contribution in [0.3, 0.4) is 0 Å². The average molecular weight is 314 g/mol. The number of amides is 1. The molecule has 0 aliphatic heterocycles. The number of anilines is 1. The molecule has 0 saturated carbocycles. The molecule has 3 rings (SSSR count). The molecule has 0 bridgehead atoms. The van der Waals surface area contributed by atoms with Gasteiger partial charge < -0.3 is 9.88 Å². The number of halogens is 2. The number of aryl methyl sites for hydroxylation is 1. The van der Waals surface area contributed by atoms with Crippen LogP contribution in [0.15, 0.2) is 53.5 Å². The second-order valence-electron chi connectivity index (χ2n) is 5.06. The van der Waals surface area contributed by atoms with Crippen molar-refractivity contribution in [2.45, 2.75) is 0 Å². The Balaban J connectivity index is 2.12. The number of benzene rings is 2. The minimum atomic E-state index is -0.868. The van der Waals surface area contributed by atoms with Gasteiger partial charge in [0.2, 0.25) is 0 Å². The summed E-state index contributed by atoms with van der Waals surface area (Å²) in [4.78, 5) is 24.5. The summed E-state index contributed by atoms with van der Waals surface area (Å²) in [5.74, 6) is -2.43. The molecule has 0 aliphatic rings. The smallest absolute Gasteiger partial charge is 0.258 e. The molecule has 0 unspecified atom stereocenters. The highest BCUT2D eigenvalue weighted by molar-refractivity contribution is 6.12. The Kier molecular flexibility index (Phi) is 3.65. The van der Waals surface area contributed by atoms with Crippen molar-refractivity contribution in [3.8, 4) is 0 Å². The molecular formula is C17H12F2N2O2. The molecule has 0 saturated heterocycles. The van der Waals surface area contributed by atoms with Crippen LogP contribution in [0.1, 0.15) is 10.4 Å². The van der Waals surface area contributed by atoms with Gasteiger partial charge >= 0.3 is 0 Å². The molecular weight excluding hydrogens is 302 g/mol. The van der Waals surface area contributed by atoms with Gasteiger partial charge in [0.1, 0.15) is 17.3 Å². The molecule has 0 atom stereocenters. The monoisotopic (exact) mass is 314 g/mol. The molecule has 2 aromatic carbocycles. The number of rotatable bonds is 2. The molecule has 1 heterocycles. The molecule has 1 aromatic heterocycles. The van der Waals surface area contributed by atoms with E-state index in [2.05, 4.69) is 5.32 Å². The molecule has 6 heteroatoms. The number of pyridine rings is 1. The van der Waals surface area contributed by atoms with E-state index in [0.717, 1.165) is 12.1 Å². The van der Waals surface area contributed by atoms with Gasteiger partial charge in [0, 0.05) is 24.0 Å². The van der Waals surface area contributed by atoms with E-state index in [9.17, 15) is 18.4 Å². The maximum atomic E-state index is 13.7. The van der Waals surface area contributed by atoms with Gasteiger partial charge in [-0.3, -0.25) is 9.59 Å². The number of nitrogens with zero attached hydrogens (tertiary/aromatic N) is 1. The van der Waals surface area contributed by atoms with Gasteiger partial charge in [-0.15, -0.1) is 0 Å². The van der Waals surface area contributed by atoms with Crippen molar-refractivity contribution in [1.82, 2.24) is 4.57 Å². The van der Waals surface area contributed by atoms with E-state index in [4.69, 9.17) is 0 Å². The molecule has 23 heavy (non-hydrogen) atoms. The third-order valence-electron chi connectivity index (χ3n) is 3.54. The fraction of sp³-hybridized carbons (Fsp3) is 0.0588. The van der Waals surface area contributed by atoms with E-state index in [1.165, 1.54) is 23.9 Å². The largest absolute Gasteiger partial charge is 0.317 e. The first-order valence-electron chi connectivity index (χ1n) is 6.83. The Hall–Kier alpha value is -3.02. The van der Waals surface area contributed by atoms with E-state index in [-0.39, 0.29) is 11.1 Å². The van der Waals surface area contributed by atoms with Crippen molar-refractivity contribution in [2.75, 3.05) is 5.32 Å². The second kappa shape index (κ2) is 5.64. The van der Waals surface area contributed by atoms with Crippen molar-refractivity contribution in [3.63, 3.8) is 0 Å². The molecule has 0 radical (unpaired) electrons. The highest BCUT2D eigenvalue weighted by atomic mass is 19.1. The van der Waals surface area contributed by atoms with Crippen molar-refractivity contribution >= 4 is 22.4 Å². The summed E-state index contributed by atoms with van der Waals surface area (Å²) in [6.07, 6.45) is 1.35. The van der Waals surface area contributed by atoms with Crippen LogP contribution in [0.4, 0.5) is 14.5 Å². The standard InChI is InChI=1S/C17H12F2N2O2/c1-21-9-12(10-5-2-3-6-11(10)17(21)23)16(22)20-15-13(18)7-4-8-14(15)19/h2-9H,1H3,(H,20,22). The highest BCUT2D eigenvalue weighted by Crippen LogP contribution is 2.21. The summed E-state index contributed by atoms with van der Waals surface area (Å²) < 4.78 is 28.6. The Morgan fingerprint density at radius 2 is 1.61 bits per heavy atom. The minimum absolute atomic E-state index is 0.158. The van der Waals surface area contributed by atoms with Crippen LogP contribution in [0.5, 0.6) is 0 Å². The zero-order chi connectivity index (χ0) is 16.6. The number of fused-ring (bicyclic) bond motifs is 1. The fourth-order valence-electron chi connectivity index (χ4n) is 2.40. The Labute approximate surface area is 130 Å². The number of hydrogen-bond acceptors (Lipinski definition) is 2. The third-order valence-corrected chi connectivity index (χ3v) is 3.54. The minimum Gasteiger partial charge on any atom is -0.317 e. The van der Waals surface area contributed by atoms with Crippen LogP contribution >= 0.6 is 0 Å². The maximum absolute atomic E-state index is 13.7. The number of nitrogens with one attached hydrogen (secondary N) is 1. The molecule has 3 aromatic rings. The van der Waals surface area contributed by atoms with E-state index >= 15 is 0 Å². The van der Waals surface area contributed by atoms with Crippen LogP contribution in [-0.2, 0) is 7.05 Å². The van der Waals surface area contributed by atoms with Crippen LogP contribution in [0.25, 0.3) is 10.8 Å². The number of carbonyl (C=O) groups excluding carboxylic acids is 1. The number of aromatic nitrogens is 1. The lowest BCUT2D eigenvalue weighted by molar-refractivity contribution is 0.102. The van der Waals surface area contributed by atoms with E-state index in [1.807, 2.05) is 0 Å². The fourth-order valence-corrected chi connectivity index (χ4v) is 2.40. The van der Waals surface area contributed by atoms with Gasteiger partial charge in [0.05, 0.1) is 5.56 Å². The lowest BCUT2D eigenvalue weighted by Gasteiger charge is -2.11. The maximum Gasteiger partial charge on any atom is 0.258 e. The molecule has 1 amide bonds. The summed E-state index contributed by atoms with van der Waals surface area (Å²) in [7, 11) is 1.51. The van der Waals surface area contributed by atoms with Crippen LogP contribution in [0, 0.1) is 11.6 Å². The van der Waals surface area contributed by atoms with Gasteiger partial charge in [-0.05, 0) is 18.2 Å². The summed E-state index contributed by atoms with van der Waals surface area (Å²) in [5.41, 5.74) is -0.616. The van der Waals surface area contributed by atoms with E-state index < -0.39 is 23.2 Å². The van der Waals surface area contributed by atoms with Crippen LogP contribution < -0.4 is 10.9 Å². The average Bonchev–Trinajstić information content (AvgIpc) is 2.54. The first kappa shape index (κ1) is 14.9. The van der Waals surface area contributed by atoms with E-state index in [1.54, 1.807) is 24.3 Å². The normalized spacial score (nSPS) is 10.7. The topological polar surface area (TPSA) is 51.1 Å². The zero-order valence-electron chi connectivity index (χ0n) is 12.1. The first-order valence-corrected chi connectivity index (χ1v) is 6.83. The summed E-state index contributed by atoms with van der Waals surface area (Å²) >= 11 is 0. The molecule has 0 aliphatic carbocycles. The zero-order valence-corrected chi connectivity index (χ0v) is 12.1. The van der Waals surface area contributed by atoms with Crippen molar-refractivity contribution < 1.29 is 13.6 Å². The molecule has 0 spiro atoms. The lowest BCUT2D eigenvalue weighted by Crippen LogP contribution is -2.22. The van der Waals surface area contributed by atoms with Gasteiger partial charge in [0.25, 0.3) is 11.5 Å². The SMILES string of the molecule is Cn1cc(C(=O)Nc2c(F)cccc2F)c2ccccc2c1=O. The molecule has 4 nitrogen and oxygen atoms in total. The van der Waals surface area contributed by atoms with Gasteiger partial charge in [-0.1, -0.05) is 24.3 Å². The van der Waals surface area contributed by atoms with Crippen molar-refractivity contribution in [3.05, 3.63) is 76.2 Å². The number of carbonyl (C=O) groups is 1. The van der Waals surface area contributed by atoms with Crippen LogP contribution in [-0.4, -0.2) is 10.5 Å². The lowest BCUT2D eigenvalue weighted by atomic mass is 10.1. The molecule has 1 N–H and O–H groups in total. The summed E-state index contributed by atoms with van der Waals surface area (Å²) in [6.45, 7) is 0. The Bertz CT molecular complexity index is 960. The van der Waals surface area contributed by atoms with E-state index in [0.29, 0.717) is 10.8 Å². The second-order valence-corrected chi connectivity index (χ2v) is 5.06. The Morgan fingerprint density at radius 3 is 2.26 bits per heavy atom. The highest BCUT2D eigenvalue weighted by Gasteiger charge is 2.17. The number of hydrogen-bond donors (Lipinski definition) is 1. The predicted molar refractivity (Wildman–Crippen MR) is 83.5 cm³/mol. The summed E-state index contributed by atoms with van der Waals surface area (Å²) in [5, 5.41) is 3.01. The summed E-state index contributed by atoms with van der Waals surface area (Å²) in [6, 6.07) is 9.89. The van der Waals surface area contributed by atoms with Crippen molar-refractivity contribution in [1.29, 1.82) is 0 Å². The first-order chi connectivity index (χ1) is 11.0. The van der Waals surface area contributed by atoms with Gasteiger partial charge in [0.15, 0.2) is 0 Å². The third kappa shape index (κ3) is 2.59. The quantitative estimate of drug-likeness (QED) is 0.790. The van der Waals surface area contributed by atoms with Gasteiger partial charge in [-0.2, -0.15) is 0 Å². The van der Waals surface area contributed by atoms with Crippen LogP contribution in [0.2, 0.25) is 0 Å². The molecule has 116 valence electrons. The number of para-hydroxylation sites is 1. The van der Waals surface area contributed by atoms with Crippen molar-refractivity contribution in [2.24, 2.45) is 7.05 Å². The molecule has 0 fully saturated rings. The predicted octanol–water partition coefficient (Wildman–Crippen LogP) is 3.07.